The maximum Gasteiger partial charge on any atom is 0.187 e. The molecule has 296 valence electrons. The van der Waals surface area contributed by atoms with Gasteiger partial charge < -0.3 is 64.2 Å². The van der Waals surface area contributed by atoms with E-state index in [1.165, 1.54) is 24.8 Å². The molecule has 4 heterocycles. The molecule has 4 aliphatic heterocycles. The standard InChI is InChI=1S/C39H62O13/c1-18-7-12-39(47-17-18)19(2)28-25(52-39)14-24-22-6-5-20-13-21(8-10-37(20,3)23(22)9-11-38(24,28)4)48-35-33(46)31(44)34(27(16-41)50-35)51-36-32(45)30(43)29(42)26(15-40)49-36/h5,18-19,21-36,40-46H,6-17H2,1-4H3/t18-,19+,21+,22-,23+,24+,25+,26+,27+,28+,29-,30+,31-,32+,33+,34-,35-,36+,37+,38+,39-/m1/s1. The van der Waals surface area contributed by atoms with Crippen molar-refractivity contribution >= 4 is 0 Å². The van der Waals surface area contributed by atoms with Crippen LogP contribution in [0.1, 0.15) is 85.5 Å². The van der Waals surface area contributed by atoms with E-state index in [9.17, 15) is 35.7 Å². The van der Waals surface area contributed by atoms with E-state index >= 15 is 0 Å². The normalized spacial score (nSPS) is 57.5. The van der Waals surface area contributed by atoms with E-state index in [2.05, 4.69) is 33.8 Å². The third kappa shape index (κ3) is 5.90. The van der Waals surface area contributed by atoms with Crippen LogP contribution in [0.5, 0.6) is 0 Å². The van der Waals surface area contributed by atoms with Crippen molar-refractivity contribution in [2.24, 2.45) is 46.3 Å². The van der Waals surface area contributed by atoms with Gasteiger partial charge in [0.2, 0.25) is 0 Å². The average molecular weight is 739 g/mol. The van der Waals surface area contributed by atoms with Crippen LogP contribution in [0.15, 0.2) is 11.6 Å². The second-order valence-corrected chi connectivity index (χ2v) is 18.3. The van der Waals surface area contributed by atoms with E-state index in [1.54, 1.807) is 0 Å². The molecule has 3 saturated carbocycles. The Morgan fingerprint density at radius 3 is 2.21 bits per heavy atom. The van der Waals surface area contributed by atoms with Crippen molar-refractivity contribution in [1.82, 2.24) is 0 Å². The first-order valence-electron chi connectivity index (χ1n) is 20.0. The van der Waals surface area contributed by atoms with Crippen LogP contribution in [-0.2, 0) is 28.4 Å². The summed E-state index contributed by atoms with van der Waals surface area (Å²) in [6, 6.07) is 0. The minimum atomic E-state index is -1.72. The van der Waals surface area contributed by atoms with Gasteiger partial charge in [-0.1, -0.05) is 39.3 Å². The number of fused-ring (bicyclic) bond motifs is 7. The van der Waals surface area contributed by atoms with Crippen LogP contribution in [0.4, 0.5) is 0 Å². The van der Waals surface area contributed by atoms with Crippen molar-refractivity contribution in [3.05, 3.63) is 11.6 Å². The molecule has 8 rings (SSSR count). The van der Waals surface area contributed by atoms with Crippen LogP contribution in [0.2, 0.25) is 0 Å². The lowest BCUT2D eigenvalue weighted by Gasteiger charge is -2.58. The monoisotopic (exact) mass is 738 g/mol. The van der Waals surface area contributed by atoms with Crippen LogP contribution in [-0.4, -0.2) is 135 Å². The molecule has 7 N–H and O–H groups in total. The minimum Gasteiger partial charge on any atom is -0.394 e. The predicted molar refractivity (Wildman–Crippen MR) is 183 cm³/mol. The summed E-state index contributed by atoms with van der Waals surface area (Å²) in [5.41, 5.74) is 1.70. The van der Waals surface area contributed by atoms with Crippen molar-refractivity contribution in [3.8, 4) is 0 Å². The summed E-state index contributed by atoms with van der Waals surface area (Å²) in [5.74, 6) is 2.92. The van der Waals surface area contributed by atoms with Crippen LogP contribution in [0, 0.1) is 46.3 Å². The summed E-state index contributed by atoms with van der Waals surface area (Å²) in [4.78, 5) is 0. The molecule has 0 bridgehead atoms. The Morgan fingerprint density at radius 2 is 1.50 bits per heavy atom. The lowest BCUT2D eigenvalue weighted by Crippen LogP contribution is -2.65. The van der Waals surface area contributed by atoms with E-state index in [-0.39, 0.29) is 23.0 Å². The summed E-state index contributed by atoms with van der Waals surface area (Å²) in [6.07, 6.45) is -3.06. The highest BCUT2D eigenvalue weighted by Crippen LogP contribution is 2.70. The third-order valence-corrected chi connectivity index (χ3v) is 15.6. The molecule has 21 atom stereocenters. The number of aliphatic hydroxyl groups excluding tert-OH is 7. The van der Waals surface area contributed by atoms with Crippen LogP contribution < -0.4 is 0 Å². The van der Waals surface area contributed by atoms with Gasteiger partial charge in [-0.05, 0) is 91.8 Å². The summed E-state index contributed by atoms with van der Waals surface area (Å²) in [5, 5.41) is 72.7. The second kappa shape index (κ2) is 14.0. The van der Waals surface area contributed by atoms with Gasteiger partial charge in [0.25, 0.3) is 0 Å². The van der Waals surface area contributed by atoms with E-state index in [1.807, 2.05) is 0 Å². The van der Waals surface area contributed by atoms with Crippen molar-refractivity contribution in [2.75, 3.05) is 19.8 Å². The zero-order valence-electron chi connectivity index (χ0n) is 31.0. The van der Waals surface area contributed by atoms with E-state index < -0.39 is 80.4 Å². The van der Waals surface area contributed by atoms with Gasteiger partial charge in [-0.15, -0.1) is 0 Å². The number of hydrogen-bond acceptors (Lipinski definition) is 13. The first-order chi connectivity index (χ1) is 24.7. The average Bonchev–Trinajstić information content (AvgIpc) is 3.58. The Kier molecular flexibility index (Phi) is 10.3. The van der Waals surface area contributed by atoms with Gasteiger partial charge in [-0.25, -0.2) is 0 Å². The highest BCUT2D eigenvalue weighted by molar-refractivity contribution is 5.26. The van der Waals surface area contributed by atoms with Crippen molar-refractivity contribution < 1.29 is 64.2 Å². The number of allylic oxidation sites excluding steroid dienone is 1. The number of rotatable bonds is 6. The lowest BCUT2D eigenvalue weighted by atomic mass is 9.47. The van der Waals surface area contributed by atoms with Gasteiger partial charge >= 0.3 is 0 Å². The third-order valence-electron chi connectivity index (χ3n) is 15.6. The zero-order chi connectivity index (χ0) is 36.9. The van der Waals surface area contributed by atoms with E-state index in [4.69, 9.17) is 28.4 Å². The fraction of sp³-hybridized carbons (Fsp3) is 0.949. The fourth-order valence-corrected chi connectivity index (χ4v) is 12.6. The minimum absolute atomic E-state index is 0.0572. The molecular weight excluding hydrogens is 676 g/mol. The smallest absolute Gasteiger partial charge is 0.187 e. The van der Waals surface area contributed by atoms with Gasteiger partial charge in [-0.3, -0.25) is 0 Å². The van der Waals surface area contributed by atoms with Gasteiger partial charge in [0, 0.05) is 12.3 Å². The molecule has 0 unspecified atom stereocenters. The van der Waals surface area contributed by atoms with Gasteiger partial charge in [-0.2, -0.15) is 0 Å². The first-order valence-corrected chi connectivity index (χ1v) is 20.0. The molecule has 8 aliphatic rings. The first kappa shape index (κ1) is 38.1. The SMILES string of the molecule is C[C@@H]1CC[C@@]2(OC1)O[C@H]1C[C@H]3[C@@H]4CC=C5C[C@@H](O[C@@H]6O[C@@H](CO)[C@@H](O[C@@H]7O[C@@H](CO)[C@@H](O)[C@H](O)[C@@H]7O)[C@H](O)[C@@H]6O)CC[C@]5(C)[C@H]4CC[C@]3(C)[C@H]1[C@@H]2C. The maximum absolute atomic E-state index is 11.1. The highest BCUT2D eigenvalue weighted by Gasteiger charge is 2.68. The molecule has 0 radical (unpaired) electrons. The summed E-state index contributed by atoms with van der Waals surface area (Å²) < 4.78 is 36.9. The summed E-state index contributed by atoms with van der Waals surface area (Å²) in [6.45, 7) is 9.20. The number of aliphatic hydroxyl groups is 7. The maximum atomic E-state index is 11.1. The molecule has 0 amide bonds. The Bertz CT molecular complexity index is 1320. The Balaban J connectivity index is 0.913. The van der Waals surface area contributed by atoms with Crippen LogP contribution in [0.3, 0.4) is 0 Å². The summed E-state index contributed by atoms with van der Waals surface area (Å²) >= 11 is 0. The molecule has 4 saturated heterocycles. The van der Waals surface area contributed by atoms with Crippen molar-refractivity contribution in [2.45, 2.75) is 165 Å². The molecule has 13 nitrogen and oxygen atoms in total. The van der Waals surface area contributed by atoms with Gasteiger partial charge in [0.05, 0.1) is 32.0 Å². The predicted octanol–water partition coefficient (Wildman–Crippen LogP) is 1.36. The molecule has 0 aromatic rings. The summed E-state index contributed by atoms with van der Waals surface area (Å²) in [7, 11) is 0. The van der Waals surface area contributed by atoms with Crippen molar-refractivity contribution in [3.63, 3.8) is 0 Å². The zero-order valence-corrected chi connectivity index (χ0v) is 31.0. The highest BCUT2D eigenvalue weighted by atomic mass is 16.7. The molecule has 1 spiro atoms. The molecular formula is C39H62O13. The largest absolute Gasteiger partial charge is 0.394 e. The molecule has 0 aromatic heterocycles. The quantitative estimate of drug-likeness (QED) is 0.193. The van der Waals surface area contributed by atoms with Gasteiger partial charge in [0.15, 0.2) is 18.4 Å². The molecule has 13 heteroatoms. The van der Waals surface area contributed by atoms with E-state index in [0.29, 0.717) is 41.9 Å². The Labute approximate surface area is 306 Å². The Morgan fingerprint density at radius 1 is 0.788 bits per heavy atom. The second-order valence-electron chi connectivity index (χ2n) is 18.3. The lowest BCUT2D eigenvalue weighted by molar-refractivity contribution is -0.363. The molecule has 4 aliphatic carbocycles. The van der Waals surface area contributed by atoms with Crippen LogP contribution in [0.25, 0.3) is 0 Å². The molecule has 7 fully saturated rings. The van der Waals surface area contributed by atoms with Crippen molar-refractivity contribution in [1.29, 1.82) is 0 Å². The van der Waals surface area contributed by atoms with Gasteiger partial charge in [0.1, 0.15) is 48.8 Å². The number of hydrogen-bond donors (Lipinski definition) is 7. The Hall–Kier alpha value is -0.780. The van der Waals surface area contributed by atoms with Crippen LogP contribution >= 0.6 is 0 Å². The van der Waals surface area contributed by atoms with E-state index in [0.717, 1.165) is 38.7 Å². The number of ether oxygens (including phenoxy) is 6. The fourth-order valence-electron chi connectivity index (χ4n) is 12.6. The topological polar surface area (TPSA) is 197 Å². The molecule has 0 aromatic carbocycles. The molecule has 52 heavy (non-hydrogen) atoms.